The molecule has 21 heavy (non-hydrogen) atoms. The monoisotopic (exact) mass is 292 g/mol. The van der Waals surface area contributed by atoms with E-state index < -0.39 is 0 Å². The number of hydrogen-bond donors (Lipinski definition) is 1. The van der Waals surface area contributed by atoms with Gasteiger partial charge in [-0.15, -0.1) is 0 Å². The number of nitrogens with zero attached hydrogens (tertiary/aromatic N) is 1. The molecule has 1 aromatic rings. The molecule has 118 valence electrons. The Labute approximate surface area is 128 Å². The van der Waals surface area contributed by atoms with E-state index in [0.717, 1.165) is 17.2 Å². The Hall–Kier alpha value is -1.42. The lowest BCUT2D eigenvalue weighted by atomic mass is 10.0. The summed E-state index contributed by atoms with van der Waals surface area (Å²) in [6.07, 6.45) is 3.65. The van der Waals surface area contributed by atoms with Crippen molar-refractivity contribution in [3.05, 3.63) is 18.2 Å². The molecule has 1 aliphatic rings. The molecule has 2 rings (SSSR count). The van der Waals surface area contributed by atoms with E-state index in [-0.39, 0.29) is 0 Å². The van der Waals surface area contributed by atoms with E-state index in [0.29, 0.717) is 12.6 Å². The van der Waals surface area contributed by atoms with Crippen molar-refractivity contribution in [1.29, 1.82) is 0 Å². The third-order valence-electron chi connectivity index (χ3n) is 3.96. The van der Waals surface area contributed by atoms with Gasteiger partial charge in [-0.3, -0.25) is 0 Å². The molecular formula is C17H28N2O2. The lowest BCUT2D eigenvalue weighted by Gasteiger charge is -2.32. The van der Waals surface area contributed by atoms with Gasteiger partial charge in [0.25, 0.3) is 0 Å². The number of likely N-dealkylation sites (tertiary alicyclic amines) is 1. The molecule has 0 atom stereocenters. The second-order valence-corrected chi connectivity index (χ2v) is 5.56. The second-order valence-electron chi connectivity index (χ2n) is 5.56. The standard InChI is InChI=1S/C17H28N2O2/c1-4-10-19-11-8-14(9-12-19)18-15-6-7-16(20-3)17(13-15)21-5-2/h6-7,13-14,18H,4-5,8-12H2,1-3H3. The first-order valence-electron chi connectivity index (χ1n) is 8.06. The topological polar surface area (TPSA) is 33.7 Å². The maximum atomic E-state index is 5.63. The molecule has 1 aliphatic heterocycles. The van der Waals surface area contributed by atoms with Gasteiger partial charge < -0.3 is 19.7 Å². The van der Waals surface area contributed by atoms with Gasteiger partial charge in [0.2, 0.25) is 0 Å². The van der Waals surface area contributed by atoms with Crippen LogP contribution in [0.25, 0.3) is 0 Å². The number of piperidine rings is 1. The van der Waals surface area contributed by atoms with E-state index in [1.807, 2.05) is 19.1 Å². The van der Waals surface area contributed by atoms with E-state index >= 15 is 0 Å². The highest BCUT2D eigenvalue weighted by Gasteiger charge is 2.18. The highest BCUT2D eigenvalue weighted by atomic mass is 16.5. The van der Waals surface area contributed by atoms with Gasteiger partial charge in [0.1, 0.15) is 0 Å². The summed E-state index contributed by atoms with van der Waals surface area (Å²) in [4.78, 5) is 2.55. The molecule has 0 unspecified atom stereocenters. The summed E-state index contributed by atoms with van der Waals surface area (Å²) in [6.45, 7) is 8.50. The van der Waals surface area contributed by atoms with Crippen LogP contribution in [-0.2, 0) is 0 Å². The predicted octanol–water partition coefficient (Wildman–Crippen LogP) is 3.38. The van der Waals surface area contributed by atoms with E-state index in [1.54, 1.807) is 7.11 Å². The van der Waals surface area contributed by atoms with Crippen LogP contribution in [0.2, 0.25) is 0 Å². The molecule has 1 saturated heterocycles. The van der Waals surface area contributed by atoms with Crippen molar-refractivity contribution in [2.45, 2.75) is 39.2 Å². The first kappa shape index (κ1) is 16.0. The van der Waals surface area contributed by atoms with E-state index in [9.17, 15) is 0 Å². The van der Waals surface area contributed by atoms with Crippen molar-refractivity contribution < 1.29 is 9.47 Å². The van der Waals surface area contributed by atoms with Crippen LogP contribution in [-0.4, -0.2) is 44.3 Å². The molecule has 0 amide bonds. The first-order chi connectivity index (χ1) is 10.3. The van der Waals surface area contributed by atoms with Gasteiger partial charge in [-0.2, -0.15) is 0 Å². The van der Waals surface area contributed by atoms with Gasteiger partial charge in [-0.25, -0.2) is 0 Å². The van der Waals surface area contributed by atoms with Crippen LogP contribution in [0.5, 0.6) is 11.5 Å². The Morgan fingerprint density at radius 1 is 1.19 bits per heavy atom. The van der Waals surface area contributed by atoms with E-state index in [2.05, 4.69) is 23.2 Å². The molecule has 0 saturated carbocycles. The molecule has 1 aromatic carbocycles. The predicted molar refractivity (Wildman–Crippen MR) is 87.5 cm³/mol. The fourth-order valence-corrected chi connectivity index (χ4v) is 2.89. The molecule has 4 nitrogen and oxygen atoms in total. The third kappa shape index (κ3) is 4.53. The minimum absolute atomic E-state index is 0.556. The number of methoxy groups -OCH3 is 1. The van der Waals surface area contributed by atoms with Crippen LogP contribution in [0.1, 0.15) is 33.1 Å². The minimum Gasteiger partial charge on any atom is -0.493 e. The van der Waals surface area contributed by atoms with Gasteiger partial charge in [-0.1, -0.05) is 6.92 Å². The molecule has 0 aliphatic carbocycles. The number of ether oxygens (including phenoxy) is 2. The van der Waals surface area contributed by atoms with Crippen LogP contribution in [0.4, 0.5) is 5.69 Å². The molecule has 0 radical (unpaired) electrons. The number of nitrogens with one attached hydrogen (secondary N) is 1. The average molecular weight is 292 g/mol. The van der Waals surface area contributed by atoms with Gasteiger partial charge in [0.15, 0.2) is 11.5 Å². The van der Waals surface area contributed by atoms with Gasteiger partial charge in [0, 0.05) is 30.9 Å². The number of hydrogen-bond acceptors (Lipinski definition) is 4. The lowest BCUT2D eigenvalue weighted by molar-refractivity contribution is 0.219. The fourth-order valence-electron chi connectivity index (χ4n) is 2.89. The Morgan fingerprint density at radius 3 is 2.57 bits per heavy atom. The number of benzene rings is 1. The van der Waals surface area contributed by atoms with E-state index in [4.69, 9.17) is 9.47 Å². The van der Waals surface area contributed by atoms with Crippen molar-refractivity contribution in [1.82, 2.24) is 4.90 Å². The average Bonchev–Trinajstić information content (AvgIpc) is 2.50. The molecule has 1 fully saturated rings. The minimum atomic E-state index is 0.556. The maximum Gasteiger partial charge on any atom is 0.163 e. The maximum absolute atomic E-state index is 5.63. The SMILES string of the molecule is CCCN1CCC(Nc2ccc(OC)c(OCC)c2)CC1. The summed E-state index contributed by atoms with van der Waals surface area (Å²) in [7, 11) is 1.68. The van der Waals surface area contributed by atoms with Crippen LogP contribution >= 0.6 is 0 Å². The van der Waals surface area contributed by atoms with Crippen molar-refractivity contribution in [3.8, 4) is 11.5 Å². The summed E-state index contributed by atoms with van der Waals surface area (Å²) >= 11 is 0. The Bertz CT molecular complexity index is 429. The van der Waals surface area contributed by atoms with Crippen LogP contribution < -0.4 is 14.8 Å². The highest BCUT2D eigenvalue weighted by Crippen LogP contribution is 2.31. The smallest absolute Gasteiger partial charge is 0.163 e. The Balaban J connectivity index is 1.92. The number of anilines is 1. The zero-order valence-corrected chi connectivity index (χ0v) is 13.5. The summed E-state index contributed by atoms with van der Waals surface area (Å²) in [5.41, 5.74) is 1.12. The fraction of sp³-hybridized carbons (Fsp3) is 0.647. The van der Waals surface area contributed by atoms with Gasteiger partial charge >= 0.3 is 0 Å². The molecule has 0 bridgehead atoms. The Morgan fingerprint density at radius 2 is 1.95 bits per heavy atom. The highest BCUT2D eigenvalue weighted by molar-refractivity contribution is 5.55. The summed E-state index contributed by atoms with van der Waals surface area (Å²) in [6, 6.07) is 6.64. The quantitative estimate of drug-likeness (QED) is 0.835. The molecule has 1 heterocycles. The second kappa shape index (κ2) is 8.13. The number of rotatable bonds is 7. The molecule has 4 heteroatoms. The summed E-state index contributed by atoms with van der Waals surface area (Å²) in [5, 5.41) is 3.63. The zero-order valence-electron chi connectivity index (χ0n) is 13.5. The zero-order chi connectivity index (χ0) is 15.1. The van der Waals surface area contributed by atoms with Crippen LogP contribution in [0.3, 0.4) is 0 Å². The normalized spacial score (nSPS) is 16.7. The third-order valence-corrected chi connectivity index (χ3v) is 3.96. The molecule has 0 aromatic heterocycles. The van der Waals surface area contributed by atoms with Gasteiger partial charge in [-0.05, 0) is 44.9 Å². The van der Waals surface area contributed by atoms with Crippen LogP contribution in [0.15, 0.2) is 18.2 Å². The van der Waals surface area contributed by atoms with E-state index in [1.165, 1.54) is 38.9 Å². The van der Waals surface area contributed by atoms with Crippen molar-refractivity contribution >= 4 is 5.69 Å². The molecular weight excluding hydrogens is 264 g/mol. The summed E-state index contributed by atoms with van der Waals surface area (Å²) in [5.74, 6) is 1.61. The Kier molecular flexibility index (Phi) is 6.18. The lowest BCUT2D eigenvalue weighted by Crippen LogP contribution is -2.39. The molecule has 1 N–H and O–H groups in total. The van der Waals surface area contributed by atoms with Crippen molar-refractivity contribution in [2.24, 2.45) is 0 Å². The molecule has 0 spiro atoms. The van der Waals surface area contributed by atoms with Crippen molar-refractivity contribution in [2.75, 3.05) is 38.7 Å². The van der Waals surface area contributed by atoms with Crippen molar-refractivity contribution in [3.63, 3.8) is 0 Å². The summed E-state index contributed by atoms with van der Waals surface area (Å²) < 4.78 is 11.0. The first-order valence-corrected chi connectivity index (χ1v) is 8.06. The largest absolute Gasteiger partial charge is 0.493 e. The van der Waals surface area contributed by atoms with Crippen LogP contribution in [0, 0.1) is 0 Å². The van der Waals surface area contributed by atoms with Gasteiger partial charge in [0.05, 0.1) is 13.7 Å².